The zero-order valence-electron chi connectivity index (χ0n) is 14.9. The lowest BCUT2D eigenvalue weighted by atomic mass is 10.2. The molecule has 1 aliphatic rings. The number of halogens is 1. The van der Waals surface area contributed by atoms with E-state index in [9.17, 15) is 17.6 Å². The van der Waals surface area contributed by atoms with E-state index in [0.717, 1.165) is 0 Å². The third-order valence-corrected chi connectivity index (χ3v) is 5.28. The van der Waals surface area contributed by atoms with Gasteiger partial charge >= 0.3 is 5.97 Å². The van der Waals surface area contributed by atoms with Crippen molar-refractivity contribution in [1.29, 1.82) is 0 Å². The Morgan fingerprint density at radius 2 is 1.82 bits per heavy atom. The largest absolute Gasteiger partial charge is 0.493 e. The number of hydrogen-bond acceptors (Lipinski definition) is 6. The standard InChI is InChI=1S/C19H19FN2O5S/c20-14-6-8-15(9-7-14)26-12-3-13-27-18(23)10-11-21-19-16-4-1-2-5-17(16)28(24,25)22-19/h1-2,4-9H,3,10-13H2,(H,21,22). The van der Waals surface area contributed by atoms with Crippen LogP contribution in [0.5, 0.6) is 5.75 Å². The Hall–Kier alpha value is -2.94. The van der Waals surface area contributed by atoms with Gasteiger partial charge in [0.1, 0.15) is 17.4 Å². The summed E-state index contributed by atoms with van der Waals surface area (Å²) in [5.41, 5.74) is 0.494. The van der Waals surface area contributed by atoms with Gasteiger partial charge in [-0.15, -0.1) is 0 Å². The molecule has 0 radical (unpaired) electrons. The second-order valence-electron chi connectivity index (χ2n) is 5.96. The Labute approximate surface area is 162 Å². The molecule has 0 saturated carbocycles. The van der Waals surface area contributed by atoms with E-state index in [1.165, 1.54) is 30.3 Å². The number of fused-ring (bicyclic) bond motifs is 1. The number of benzene rings is 2. The van der Waals surface area contributed by atoms with Crippen LogP contribution in [0.3, 0.4) is 0 Å². The third-order valence-electron chi connectivity index (χ3n) is 3.88. The highest BCUT2D eigenvalue weighted by Crippen LogP contribution is 2.22. The minimum absolute atomic E-state index is 0.0339. The van der Waals surface area contributed by atoms with Crippen LogP contribution in [0.25, 0.3) is 0 Å². The molecule has 0 amide bonds. The number of amidine groups is 1. The molecular formula is C19H19FN2O5S. The second kappa shape index (κ2) is 8.83. The molecule has 148 valence electrons. The Morgan fingerprint density at radius 3 is 2.61 bits per heavy atom. The van der Waals surface area contributed by atoms with Crippen LogP contribution >= 0.6 is 0 Å². The molecule has 0 aliphatic carbocycles. The number of hydrogen-bond donors (Lipinski definition) is 1. The van der Waals surface area contributed by atoms with E-state index >= 15 is 0 Å². The van der Waals surface area contributed by atoms with Crippen LogP contribution in [0.2, 0.25) is 0 Å². The van der Waals surface area contributed by atoms with Crippen molar-refractivity contribution in [1.82, 2.24) is 4.72 Å². The summed E-state index contributed by atoms with van der Waals surface area (Å²) < 4.78 is 49.6. The van der Waals surface area contributed by atoms with Gasteiger partial charge in [-0.25, -0.2) is 12.8 Å². The summed E-state index contributed by atoms with van der Waals surface area (Å²) in [6.45, 7) is 0.628. The molecule has 1 N–H and O–H groups in total. The van der Waals surface area contributed by atoms with Crippen LogP contribution < -0.4 is 9.46 Å². The summed E-state index contributed by atoms with van der Waals surface area (Å²) in [7, 11) is -3.58. The van der Waals surface area contributed by atoms with Gasteiger partial charge in [0.15, 0.2) is 0 Å². The molecule has 0 spiro atoms. The zero-order valence-corrected chi connectivity index (χ0v) is 15.7. The lowest BCUT2D eigenvalue weighted by molar-refractivity contribution is -0.143. The molecule has 7 nitrogen and oxygen atoms in total. The van der Waals surface area contributed by atoms with E-state index in [1.807, 2.05) is 0 Å². The van der Waals surface area contributed by atoms with E-state index in [2.05, 4.69) is 9.71 Å². The van der Waals surface area contributed by atoms with Gasteiger partial charge < -0.3 is 9.47 Å². The molecule has 0 fully saturated rings. The number of esters is 1. The predicted octanol–water partition coefficient (Wildman–Crippen LogP) is 2.27. The second-order valence-corrected chi connectivity index (χ2v) is 7.61. The highest BCUT2D eigenvalue weighted by molar-refractivity contribution is 7.90. The van der Waals surface area contributed by atoms with Crippen molar-refractivity contribution >= 4 is 21.8 Å². The van der Waals surface area contributed by atoms with E-state index in [1.54, 1.807) is 18.2 Å². The van der Waals surface area contributed by atoms with Gasteiger partial charge in [-0.3, -0.25) is 14.5 Å². The van der Waals surface area contributed by atoms with Gasteiger partial charge in [-0.1, -0.05) is 12.1 Å². The van der Waals surface area contributed by atoms with Gasteiger partial charge in [-0.2, -0.15) is 0 Å². The fraction of sp³-hybridized carbons (Fsp3) is 0.263. The topological polar surface area (TPSA) is 94.1 Å². The van der Waals surface area contributed by atoms with E-state index in [0.29, 0.717) is 24.3 Å². The minimum Gasteiger partial charge on any atom is -0.493 e. The van der Waals surface area contributed by atoms with Crippen molar-refractivity contribution in [2.24, 2.45) is 4.99 Å². The van der Waals surface area contributed by atoms with Crippen LogP contribution in [0.1, 0.15) is 18.4 Å². The Bertz CT molecular complexity index is 974. The maximum Gasteiger partial charge on any atom is 0.307 e. The van der Waals surface area contributed by atoms with E-state index in [-0.39, 0.29) is 36.1 Å². The summed E-state index contributed by atoms with van der Waals surface area (Å²) in [5, 5.41) is 0. The van der Waals surface area contributed by atoms with Crippen molar-refractivity contribution in [2.75, 3.05) is 19.8 Å². The number of carbonyl (C=O) groups excluding carboxylic acids is 1. The summed E-state index contributed by atoms with van der Waals surface area (Å²) in [6, 6.07) is 12.2. The molecule has 0 bridgehead atoms. The highest BCUT2D eigenvalue weighted by Gasteiger charge is 2.29. The van der Waals surface area contributed by atoms with Gasteiger partial charge in [0, 0.05) is 12.0 Å². The molecule has 0 aromatic heterocycles. The van der Waals surface area contributed by atoms with Crippen molar-refractivity contribution < 1.29 is 27.1 Å². The molecule has 0 atom stereocenters. The maximum absolute atomic E-state index is 12.8. The average molecular weight is 406 g/mol. The van der Waals surface area contributed by atoms with Gasteiger partial charge in [0.2, 0.25) is 0 Å². The number of nitrogens with one attached hydrogen (secondary N) is 1. The van der Waals surface area contributed by atoms with Crippen LogP contribution in [-0.4, -0.2) is 40.0 Å². The lowest BCUT2D eigenvalue weighted by Crippen LogP contribution is -2.22. The van der Waals surface area contributed by atoms with E-state index < -0.39 is 16.0 Å². The summed E-state index contributed by atoms with van der Waals surface area (Å²) in [5.74, 6) is 0.0120. The number of aliphatic imine (C=N–C) groups is 1. The molecule has 1 aliphatic heterocycles. The van der Waals surface area contributed by atoms with Gasteiger partial charge in [0.25, 0.3) is 10.0 Å². The first-order chi connectivity index (χ1) is 13.5. The van der Waals surface area contributed by atoms with Crippen molar-refractivity contribution in [2.45, 2.75) is 17.7 Å². The minimum atomic E-state index is -3.58. The molecule has 0 unspecified atom stereocenters. The van der Waals surface area contributed by atoms with Crippen molar-refractivity contribution in [3.8, 4) is 5.75 Å². The zero-order chi connectivity index (χ0) is 20.0. The molecular weight excluding hydrogens is 387 g/mol. The first kappa shape index (κ1) is 19.8. The maximum atomic E-state index is 12.8. The fourth-order valence-corrected chi connectivity index (χ4v) is 3.80. The molecule has 3 rings (SSSR count). The number of carbonyl (C=O) groups is 1. The Kier molecular flexibility index (Phi) is 6.25. The summed E-state index contributed by atoms with van der Waals surface area (Å²) in [4.78, 5) is 16.1. The fourth-order valence-electron chi connectivity index (χ4n) is 2.55. The lowest BCUT2D eigenvalue weighted by Gasteiger charge is -2.07. The Morgan fingerprint density at radius 1 is 1.07 bits per heavy atom. The quantitative estimate of drug-likeness (QED) is 0.536. The number of rotatable bonds is 8. The summed E-state index contributed by atoms with van der Waals surface area (Å²) >= 11 is 0. The highest BCUT2D eigenvalue weighted by atomic mass is 32.2. The van der Waals surface area contributed by atoms with Crippen LogP contribution in [0.15, 0.2) is 58.4 Å². The molecule has 0 saturated heterocycles. The Balaban J connectivity index is 1.37. The van der Waals surface area contributed by atoms with Gasteiger partial charge in [-0.05, 0) is 36.4 Å². The van der Waals surface area contributed by atoms with Crippen LogP contribution in [0.4, 0.5) is 4.39 Å². The molecule has 9 heteroatoms. The SMILES string of the molecule is O=C(CCN=C1NS(=O)(=O)c2ccccc21)OCCCOc1ccc(F)cc1. The van der Waals surface area contributed by atoms with E-state index in [4.69, 9.17) is 9.47 Å². The third kappa shape index (κ3) is 5.07. The number of sulfonamides is 1. The summed E-state index contributed by atoms with van der Waals surface area (Å²) in [6.07, 6.45) is 0.525. The van der Waals surface area contributed by atoms with Crippen molar-refractivity contribution in [3.05, 3.63) is 59.9 Å². The van der Waals surface area contributed by atoms with Crippen molar-refractivity contribution in [3.63, 3.8) is 0 Å². The average Bonchev–Trinajstić information content (AvgIpc) is 2.94. The smallest absolute Gasteiger partial charge is 0.307 e. The predicted molar refractivity (Wildman–Crippen MR) is 100 cm³/mol. The normalized spacial score (nSPS) is 15.7. The van der Waals surface area contributed by atoms with Crippen LogP contribution in [-0.2, 0) is 19.6 Å². The number of nitrogens with zero attached hydrogens (tertiary/aromatic N) is 1. The van der Waals surface area contributed by atoms with Crippen LogP contribution in [0, 0.1) is 5.82 Å². The first-order valence-corrected chi connectivity index (χ1v) is 10.1. The molecule has 2 aromatic rings. The first-order valence-electron chi connectivity index (χ1n) is 8.66. The van der Waals surface area contributed by atoms with Gasteiger partial charge in [0.05, 0.1) is 31.1 Å². The molecule has 1 heterocycles. The number of ether oxygens (including phenoxy) is 2. The monoisotopic (exact) mass is 406 g/mol. The molecule has 2 aromatic carbocycles. The molecule has 28 heavy (non-hydrogen) atoms.